The summed E-state index contributed by atoms with van der Waals surface area (Å²) in [6.07, 6.45) is 14.1. The molecule has 1 aromatic carbocycles. The predicted molar refractivity (Wildman–Crippen MR) is 112 cm³/mol. The van der Waals surface area contributed by atoms with E-state index in [4.69, 9.17) is 10.00 Å². The highest BCUT2D eigenvalue weighted by atomic mass is 16.5. The number of nitriles is 1. The molecule has 4 nitrogen and oxygen atoms in total. The zero-order valence-electron chi connectivity index (χ0n) is 16.9. The summed E-state index contributed by atoms with van der Waals surface area (Å²) in [4.78, 5) is 9.22. The van der Waals surface area contributed by atoms with E-state index in [-0.39, 0.29) is 5.92 Å². The van der Waals surface area contributed by atoms with Crippen LogP contribution in [0.4, 0.5) is 0 Å². The first kappa shape index (κ1) is 20.3. The van der Waals surface area contributed by atoms with Crippen molar-refractivity contribution in [2.75, 3.05) is 6.61 Å². The number of rotatable bonds is 9. The Morgan fingerprint density at radius 2 is 1.61 bits per heavy atom. The van der Waals surface area contributed by atoms with Crippen molar-refractivity contribution in [1.29, 1.82) is 5.26 Å². The molecule has 0 saturated heterocycles. The van der Waals surface area contributed by atoms with Crippen molar-refractivity contribution in [3.8, 4) is 22.9 Å². The number of aromatic nitrogens is 2. The fourth-order valence-corrected chi connectivity index (χ4v) is 3.82. The average Bonchev–Trinajstić information content (AvgIpc) is 2.77. The van der Waals surface area contributed by atoms with Gasteiger partial charge < -0.3 is 4.74 Å². The lowest BCUT2D eigenvalue weighted by molar-refractivity contribution is 0.304. The van der Waals surface area contributed by atoms with E-state index in [1.807, 2.05) is 24.5 Å². The molecule has 28 heavy (non-hydrogen) atoms. The molecule has 0 spiro atoms. The fourth-order valence-electron chi connectivity index (χ4n) is 3.82. The standard InChI is InChI=1S/C24H31N3O/c1-2-3-4-5-6-15-28-23-13-11-20(12-14-23)22-17-26-24(27-18-22)21-9-7-19(16-25)8-10-21/h11-14,17-19,21H,2-10,15H2,1H3. The van der Waals surface area contributed by atoms with Crippen molar-refractivity contribution in [2.45, 2.75) is 70.6 Å². The van der Waals surface area contributed by atoms with Crippen LogP contribution in [-0.2, 0) is 0 Å². The van der Waals surface area contributed by atoms with Gasteiger partial charge in [0.2, 0.25) is 0 Å². The Hall–Kier alpha value is -2.41. The minimum absolute atomic E-state index is 0.215. The topological polar surface area (TPSA) is 58.8 Å². The molecule has 3 rings (SSSR count). The Morgan fingerprint density at radius 3 is 2.25 bits per heavy atom. The summed E-state index contributed by atoms with van der Waals surface area (Å²) < 4.78 is 5.84. The predicted octanol–water partition coefficient (Wildman–Crippen LogP) is 6.29. The molecule has 1 aliphatic carbocycles. The molecule has 0 radical (unpaired) electrons. The second-order valence-corrected chi connectivity index (χ2v) is 7.79. The van der Waals surface area contributed by atoms with Crippen LogP contribution in [0.15, 0.2) is 36.7 Å². The van der Waals surface area contributed by atoms with Crippen LogP contribution in [0.1, 0.15) is 76.5 Å². The Morgan fingerprint density at radius 1 is 0.929 bits per heavy atom. The van der Waals surface area contributed by atoms with Crippen LogP contribution in [0.2, 0.25) is 0 Å². The molecule has 0 atom stereocenters. The molecule has 4 heteroatoms. The lowest BCUT2D eigenvalue weighted by Crippen LogP contribution is -2.14. The van der Waals surface area contributed by atoms with Crippen molar-refractivity contribution >= 4 is 0 Å². The Bertz CT molecular complexity index is 741. The molecule has 0 bridgehead atoms. The third kappa shape index (κ3) is 5.79. The molecule has 1 heterocycles. The van der Waals surface area contributed by atoms with Gasteiger partial charge in [0.15, 0.2) is 0 Å². The Balaban J connectivity index is 1.49. The van der Waals surface area contributed by atoms with E-state index in [1.54, 1.807) is 0 Å². The van der Waals surface area contributed by atoms with Gasteiger partial charge in [-0.25, -0.2) is 9.97 Å². The third-order valence-electron chi connectivity index (χ3n) is 5.65. The molecule has 148 valence electrons. The van der Waals surface area contributed by atoms with Crippen molar-refractivity contribution in [2.24, 2.45) is 5.92 Å². The number of hydrogen-bond acceptors (Lipinski definition) is 4. The van der Waals surface area contributed by atoms with Crippen molar-refractivity contribution in [3.05, 3.63) is 42.5 Å². The lowest BCUT2D eigenvalue weighted by Gasteiger charge is -2.23. The van der Waals surface area contributed by atoms with Gasteiger partial charge in [0.05, 0.1) is 12.7 Å². The first-order valence-electron chi connectivity index (χ1n) is 10.7. The molecule has 0 unspecified atom stereocenters. The van der Waals surface area contributed by atoms with Crippen molar-refractivity contribution < 1.29 is 4.74 Å². The summed E-state index contributed by atoms with van der Waals surface area (Å²) in [6, 6.07) is 10.6. The van der Waals surface area contributed by atoms with Gasteiger partial charge in [-0.05, 0) is 49.8 Å². The molecule has 1 fully saturated rings. The molecular formula is C24H31N3O. The van der Waals surface area contributed by atoms with Crippen LogP contribution in [-0.4, -0.2) is 16.6 Å². The number of ether oxygens (including phenoxy) is 1. The van der Waals surface area contributed by atoms with Gasteiger partial charge >= 0.3 is 0 Å². The smallest absolute Gasteiger partial charge is 0.131 e. The van der Waals surface area contributed by atoms with E-state index < -0.39 is 0 Å². The number of nitrogens with zero attached hydrogens (tertiary/aromatic N) is 3. The first-order valence-corrected chi connectivity index (χ1v) is 10.7. The molecule has 1 saturated carbocycles. The Labute approximate surface area is 169 Å². The van der Waals surface area contributed by atoms with Gasteiger partial charge in [-0.1, -0.05) is 44.7 Å². The zero-order valence-corrected chi connectivity index (χ0v) is 16.9. The molecular weight excluding hydrogens is 346 g/mol. The summed E-state index contributed by atoms with van der Waals surface area (Å²) >= 11 is 0. The van der Waals surface area contributed by atoms with Gasteiger partial charge in [-0.2, -0.15) is 5.26 Å². The molecule has 0 amide bonds. The van der Waals surface area contributed by atoms with E-state index in [9.17, 15) is 0 Å². The normalized spacial score (nSPS) is 19.1. The van der Waals surface area contributed by atoms with E-state index in [0.717, 1.165) is 61.4 Å². The Kier molecular flexibility index (Phi) is 7.84. The van der Waals surface area contributed by atoms with Crippen LogP contribution in [0.5, 0.6) is 5.75 Å². The van der Waals surface area contributed by atoms with E-state index in [2.05, 4.69) is 35.1 Å². The first-order chi connectivity index (χ1) is 13.8. The fraction of sp³-hybridized carbons (Fsp3) is 0.542. The molecule has 2 aromatic rings. The second-order valence-electron chi connectivity index (χ2n) is 7.79. The maximum Gasteiger partial charge on any atom is 0.131 e. The summed E-state index contributed by atoms with van der Waals surface area (Å²) in [5, 5.41) is 9.03. The van der Waals surface area contributed by atoms with Crippen molar-refractivity contribution in [3.63, 3.8) is 0 Å². The van der Waals surface area contributed by atoms with Crippen LogP contribution in [0, 0.1) is 17.2 Å². The third-order valence-corrected chi connectivity index (χ3v) is 5.65. The largest absolute Gasteiger partial charge is 0.494 e. The van der Waals surface area contributed by atoms with E-state index >= 15 is 0 Å². The maximum atomic E-state index is 9.03. The quantitative estimate of drug-likeness (QED) is 0.482. The van der Waals surface area contributed by atoms with Gasteiger partial charge in [0.25, 0.3) is 0 Å². The lowest BCUT2D eigenvalue weighted by atomic mass is 9.82. The molecule has 1 aliphatic rings. The highest BCUT2D eigenvalue weighted by molar-refractivity contribution is 5.62. The van der Waals surface area contributed by atoms with E-state index in [1.165, 1.54) is 25.7 Å². The summed E-state index contributed by atoms with van der Waals surface area (Å²) in [6.45, 7) is 3.02. The minimum Gasteiger partial charge on any atom is -0.494 e. The highest BCUT2D eigenvalue weighted by Crippen LogP contribution is 2.34. The summed E-state index contributed by atoms with van der Waals surface area (Å²) in [5.74, 6) is 2.45. The maximum absolute atomic E-state index is 9.03. The SMILES string of the molecule is CCCCCCCOc1ccc(-c2cnc(C3CCC(C#N)CC3)nc2)cc1. The molecule has 1 aromatic heterocycles. The van der Waals surface area contributed by atoms with Crippen LogP contribution >= 0.6 is 0 Å². The van der Waals surface area contributed by atoms with Gasteiger partial charge in [-0.3, -0.25) is 0 Å². The number of hydrogen-bond donors (Lipinski definition) is 0. The summed E-state index contributed by atoms with van der Waals surface area (Å²) in [7, 11) is 0. The van der Waals surface area contributed by atoms with Crippen LogP contribution in [0.3, 0.4) is 0 Å². The number of benzene rings is 1. The second kappa shape index (κ2) is 10.8. The summed E-state index contributed by atoms with van der Waals surface area (Å²) in [5.41, 5.74) is 2.13. The van der Waals surface area contributed by atoms with Gasteiger partial charge in [0, 0.05) is 29.8 Å². The molecule has 0 N–H and O–H groups in total. The van der Waals surface area contributed by atoms with Gasteiger partial charge in [-0.15, -0.1) is 0 Å². The monoisotopic (exact) mass is 377 g/mol. The van der Waals surface area contributed by atoms with Crippen LogP contribution < -0.4 is 4.74 Å². The highest BCUT2D eigenvalue weighted by Gasteiger charge is 2.23. The van der Waals surface area contributed by atoms with Crippen LogP contribution in [0.25, 0.3) is 11.1 Å². The zero-order chi connectivity index (χ0) is 19.6. The van der Waals surface area contributed by atoms with E-state index in [0.29, 0.717) is 5.92 Å². The molecule has 0 aliphatic heterocycles. The minimum atomic E-state index is 0.215. The number of unbranched alkanes of at least 4 members (excludes halogenated alkanes) is 4. The van der Waals surface area contributed by atoms with Gasteiger partial charge in [0.1, 0.15) is 11.6 Å². The van der Waals surface area contributed by atoms with Crippen molar-refractivity contribution in [1.82, 2.24) is 9.97 Å². The average molecular weight is 378 g/mol.